The molecule has 272 valence electrons. The lowest BCUT2D eigenvalue weighted by molar-refractivity contribution is -0.136. The van der Waals surface area contributed by atoms with Gasteiger partial charge < -0.3 is 19.9 Å². The number of likely N-dealkylation sites (tertiary alicyclic amines) is 1. The van der Waals surface area contributed by atoms with Gasteiger partial charge in [-0.05, 0) is 69.4 Å². The monoisotopic (exact) mass is 719 g/mol. The normalized spacial score (nSPS) is 19.3. The highest BCUT2D eigenvalue weighted by atomic mass is 16.5. The van der Waals surface area contributed by atoms with E-state index in [1.54, 1.807) is 36.7 Å². The van der Waals surface area contributed by atoms with Crippen LogP contribution >= 0.6 is 0 Å². The second-order valence-corrected chi connectivity index (χ2v) is 14.0. The summed E-state index contributed by atoms with van der Waals surface area (Å²) in [5.74, 6) is -2.50. The molecule has 16 nitrogen and oxygen atoms in total. The third-order valence-electron chi connectivity index (χ3n) is 10.2. The van der Waals surface area contributed by atoms with E-state index in [-0.39, 0.29) is 47.9 Å². The minimum Gasteiger partial charge on any atom is -0.473 e. The molecule has 2 saturated heterocycles. The molecule has 1 unspecified atom stereocenters. The van der Waals surface area contributed by atoms with E-state index < -0.39 is 35.6 Å². The molecule has 6 amide bonds. The summed E-state index contributed by atoms with van der Waals surface area (Å²) in [7, 11) is 0. The molecule has 2 N–H and O–H groups in total. The maximum Gasteiger partial charge on any atom is 0.273 e. The number of benzene rings is 1. The van der Waals surface area contributed by atoms with Crippen LogP contribution in [0.2, 0.25) is 0 Å². The molecule has 0 spiro atoms. The van der Waals surface area contributed by atoms with E-state index in [1.807, 2.05) is 24.8 Å². The van der Waals surface area contributed by atoms with Gasteiger partial charge in [-0.2, -0.15) is 5.10 Å². The summed E-state index contributed by atoms with van der Waals surface area (Å²) in [6.45, 7) is 6.31. The number of amides is 6. The van der Waals surface area contributed by atoms with Gasteiger partial charge in [0, 0.05) is 56.6 Å². The molecule has 7 heterocycles. The molecule has 2 fully saturated rings. The SMILES string of the molecule is CC(C)Oc1nc2c(cc1NC(=O)c1cnn3cccnc13)CN(C1CCN(CCc3ccc4c(c3)C(=O)N(C3CCC(=O)NC3=O)C4=O)CC1)C2=O. The Hall–Kier alpha value is -6.03. The molecule has 53 heavy (non-hydrogen) atoms. The molecule has 0 radical (unpaired) electrons. The van der Waals surface area contributed by atoms with Gasteiger partial charge in [-0.1, -0.05) is 6.07 Å². The highest BCUT2D eigenvalue weighted by Crippen LogP contribution is 2.34. The van der Waals surface area contributed by atoms with Gasteiger partial charge in [0.2, 0.25) is 17.7 Å². The topological polar surface area (TPSA) is 189 Å². The number of rotatable bonds is 9. The number of hydrogen-bond acceptors (Lipinski definition) is 11. The molecule has 4 aromatic rings. The Kier molecular flexibility index (Phi) is 8.68. The van der Waals surface area contributed by atoms with Crippen molar-refractivity contribution in [1.82, 2.24) is 39.6 Å². The van der Waals surface area contributed by atoms with Crippen LogP contribution in [0.3, 0.4) is 0 Å². The van der Waals surface area contributed by atoms with Crippen molar-refractivity contribution in [3.05, 3.63) is 82.4 Å². The molecular weight excluding hydrogens is 682 g/mol. The minimum absolute atomic E-state index is 0.00667. The predicted octanol–water partition coefficient (Wildman–Crippen LogP) is 2.23. The first-order valence-corrected chi connectivity index (χ1v) is 17.7. The Labute approximate surface area is 303 Å². The van der Waals surface area contributed by atoms with Crippen molar-refractivity contribution in [3.63, 3.8) is 0 Å². The van der Waals surface area contributed by atoms with Gasteiger partial charge in [0.05, 0.1) is 23.4 Å². The van der Waals surface area contributed by atoms with Crippen LogP contribution in [0.15, 0.2) is 48.9 Å². The summed E-state index contributed by atoms with van der Waals surface area (Å²) in [5, 5.41) is 9.32. The molecule has 8 rings (SSSR count). The molecule has 1 aromatic carbocycles. The number of fused-ring (bicyclic) bond motifs is 3. The van der Waals surface area contributed by atoms with E-state index in [4.69, 9.17) is 4.74 Å². The standard InChI is InChI=1S/C37H37N9O7/c1-20(2)53-34-27(40-32(48)26-18-39-45-12-3-11-38-31(26)45)17-22-19-44(37(52)30(22)42-34)23-9-14-43(15-10-23)13-8-21-4-5-24-25(16-21)36(51)46(35(24)50)28-6-7-29(47)41-33(28)49/h3-5,11-12,16-18,20,23,28H,6-10,13-15,19H2,1-2H3,(H,40,48)(H,41,47,49). The van der Waals surface area contributed by atoms with Crippen molar-refractivity contribution >= 4 is 46.8 Å². The largest absolute Gasteiger partial charge is 0.473 e. The highest BCUT2D eigenvalue weighted by molar-refractivity contribution is 6.23. The molecule has 1 atom stereocenters. The Morgan fingerprint density at radius 2 is 1.81 bits per heavy atom. The van der Waals surface area contributed by atoms with Crippen LogP contribution in [0.5, 0.6) is 5.88 Å². The average molecular weight is 720 g/mol. The van der Waals surface area contributed by atoms with Crippen molar-refractivity contribution in [3.8, 4) is 5.88 Å². The second kappa shape index (κ2) is 13.5. The maximum atomic E-state index is 13.7. The van der Waals surface area contributed by atoms with E-state index in [9.17, 15) is 28.8 Å². The molecule has 3 aromatic heterocycles. The Balaban J connectivity index is 0.892. The lowest BCUT2D eigenvalue weighted by atomic mass is 10.0. The fourth-order valence-corrected chi connectivity index (χ4v) is 7.53. The summed E-state index contributed by atoms with van der Waals surface area (Å²) in [4.78, 5) is 91.3. The lowest BCUT2D eigenvalue weighted by Gasteiger charge is -2.36. The van der Waals surface area contributed by atoms with Crippen LogP contribution in [0.25, 0.3) is 5.65 Å². The van der Waals surface area contributed by atoms with Crippen LogP contribution in [-0.2, 0) is 22.6 Å². The number of pyridine rings is 1. The number of carbonyl (C=O) groups excluding carboxylic acids is 6. The fraction of sp³-hybridized carbons (Fsp3) is 0.378. The van der Waals surface area contributed by atoms with Gasteiger partial charge >= 0.3 is 0 Å². The predicted molar refractivity (Wildman–Crippen MR) is 187 cm³/mol. The number of nitrogens with one attached hydrogen (secondary N) is 2. The molecule has 4 aliphatic rings. The third-order valence-corrected chi connectivity index (χ3v) is 10.2. The Bertz CT molecular complexity index is 2210. The zero-order chi connectivity index (χ0) is 37.0. The summed E-state index contributed by atoms with van der Waals surface area (Å²) >= 11 is 0. The Morgan fingerprint density at radius 3 is 2.58 bits per heavy atom. The third kappa shape index (κ3) is 6.28. The van der Waals surface area contributed by atoms with Gasteiger partial charge in [0.1, 0.15) is 23.0 Å². The molecule has 0 bridgehead atoms. The average Bonchev–Trinajstić information content (AvgIpc) is 3.79. The number of carbonyl (C=O) groups is 6. The van der Waals surface area contributed by atoms with Crippen molar-refractivity contribution < 1.29 is 33.5 Å². The highest BCUT2D eigenvalue weighted by Gasteiger charge is 2.44. The second-order valence-electron chi connectivity index (χ2n) is 14.0. The van der Waals surface area contributed by atoms with E-state index >= 15 is 0 Å². The van der Waals surface area contributed by atoms with Crippen LogP contribution in [0, 0.1) is 0 Å². The quantitative estimate of drug-likeness (QED) is 0.242. The van der Waals surface area contributed by atoms with E-state index in [0.29, 0.717) is 41.1 Å². The smallest absolute Gasteiger partial charge is 0.273 e. The first-order chi connectivity index (χ1) is 25.5. The van der Waals surface area contributed by atoms with E-state index in [1.165, 1.54) is 10.7 Å². The van der Waals surface area contributed by atoms with Crippen LogP contribution in [-0.4, -0.2) is 108 Å². The number of aromatic nitrogens is 4. The van der Waals surface area contributed by atoms with Gasteiger partial charge in [-0.15, -0.1) is 0 Å². The first kappa shape index (κ1) is 34.1. The van der Waals surface area contributed by atoms with Gasteiger partial charge in [0.25, 0.3) is 23.6 Å². The number of hydrogen-bond donors (Lipinski definition) is 2. The van der Waals surface area contributed by atoms with Crippen molar-refractivity contribution in [2.45, 2.75) is 70.7 Å². The van der Waals surface area contributed by atoms with Crippen LogP contribution < -0.4 is 15.4 Å². The zero-order valence-electron chi connectivity index (χ0n) is 29.2. The zero-order valence-corrected chi connectivity index (χ0v) is 29.2. The summed E-state index contributed by atoms with van der Waals surface area (Å²) in [6, 6.07) is 7.69. The summed E-state index contributed by atoms with van der Waals surface area (Å²) in [5.41, 5.74) is 3.53. The molecule has 4 aliphatic heterocycles. The molecule has 0 aliphatic carbocycles. The number of piperidine rings is 2. The van der Waals surface area contributed by atoms with Crippen LogP contribution in [0.4, 0.5) is 5.69 Å². The lowest BCUT2D eigenvalue weighted by Crippen LogP contribution is -2.54. The number of ether oxygens (including phenoxy) is 1. The van der Waals surface area contributed by atoms with Gasteiger partial charge in [-0.25, -0.2) is 14.5 Å². The Morgan fingerprint density at radius 1 is 1.02 bits per heavy atom. The van der Waals surface area contributed by atoms with Gasteiger partial charge in [0.15, 0.2) is 5.65 Å². The summed E-state index contributed by atoms with van der Waals surface area (Å²) < 4.78 is 7.47. The van der Waals surface area contributed by atoms with E-state index in [0.717, 1.165) is 42.9 Å². The number of anilines is 1. The molecular formula is C37H37N9O7. The van der Waals surface area contributed by atoms with Crippen molar-refractivity contribution in [2.75, 3.05) is 25.0 Å². The minimum atomic E-state index is -0.999. The van der Waals surface area contributed by atoms with Crippen LogP contribution in [0.1, 0.15) is 92.2 Å². The molecule has 0 saturated carbocycles. The fourth-order valence-electron chi connectivity index (χ4n) is 7.53. The number of nitrogens with zero attached hydrogens (tertiary/aromatic N) is 7. The van der Waals surface area contributed by atoms with Crippen molar-refractivity contribution in [1.29, 1.82) is 0 Å². The first-order valence-electron chi connectivity index (χ1n) is 17.7. The maximum absolute atomic E-state index is 13.7. The number of imide groups is 2. The summed E-state index contributed by atoms with van der Waals surface area (Å²) in [6.07, 6.45) is 6.85. The van der Waals surface area contributed by atoms with E-state index in [2.05, 4.69) is 30.6 Å². The van der Waals surface area contributed by atoms with Crippen molar-refractivity contribution in [2.24, 2.45) is 0 Å². The molecule has 16 heteroatoms. The van der Waals surface area contributed by atoms with Gasteiger partial charge in [-0.3, -0.25) is 39.0 Å².